The number of rotatable bonds is 54. The summed E-state index contributed by atoms with van der Waals surface area (Å²) in [6, 6.07) is 0. The topological polar surface area (TPSA) is 111 Å². The van der Waals surface area contributed by atoms with Crippen LogP contribution in [0.5, 0.6) is 0 Å². The van der Waals surface area contributed by atoms with E-state index < -0.39 is 30.3 Å². The Balaban J connectivity index is 4.27. The van der Waals surface area contributed by atoms with Crippen LogP contribution in [0.2, 0.25) is 0 Å². The number of carboxylic acids is 1. The Bertz CT molecular complexity index is 1980. The molecule has 0 bridgehead atoms. The first kappa shape index (κ1) is 75.4. The molecule has 0 saturated heterocycles. The maximum atomic E-state index is 12.9. The molecule has 0 heterocycles. The third kappa shape index (κ3) is 61.9. The molecule has 0 aromatic rings. The van der Waals surface area contributed by atoms with E-state index in [-0.39, 0.29) is 32.7 Å². The Hall–Kier alpha value is -5.61. The van der Waals surface area contributed by atoms with Crippen molar-refractivity contribution in [1.82, 2.24) is 0 Å². The van der Waals surface area contributed by atoms with Crippen LogP contribution in [0.4, 0.5) is 0 Å². The van der Waals surface area contributed by atoms with Crippen LogP contribution >= 0.6 is 0 Å². The molecule has 2 atom stereocenters. The molecular formula is C72H111NO8. The number of nitrogens with zero attached hydrogens (tertiary/aromatic N) is 1. The van der Waals surface area contributed by atoms with E-state index in [0.717, 1.165) is 154 Å². The van der Waals surface area contributed by atoms with E-state index in [1.165, 1.54) is 0 Å². The van der Waals surface area contributed by atoms with Gasteiger partial charge in [-0.05, 0) is 135 Å². The Morgan fingerprint density at radius 3 is 0.988 bits per heavy atom. The predicted octanol–water partition coefficient (Wildman–Crippen LogP) is 17.6. The lowest BCUT2D eigenvalue weighted by atomic mass is 10.1. The number of aliphatic carboxylic acids is 1. The lowest BCUT2D eigenvalue weighted by Crippen LogP contribution is -2.44. The first-order valence-corrected chi connectivity index (χ1v) is 30.9. The van der Waals surface area contributed by atoms with Gasteiger partial charge in [-0.3, -0.25) is 9.59 Å². The molecule has 2 unspecified atom stereocenters. The van der Waals surface area contributed by atoms with Gasteiger partial charge in [0.2, 0.25) is 0 Å². The van der Waals surface area contributed by atoms with Gasteiger partial charge in [0.1, 0.15) is 13.2 Å². The average molecular weight is 1120 g/mol. The minimum atomic E-state index is -1.64. The highest BCUT2D eigenvalue weighted by Gasteiger charge is 2.22. The second-order valence-corrected chi connectivity index (χ2v) is 20.9. The van der Waals surface area contributed by atoms with Gasteiger partial charge < -0.3 is 33.3 Å². The quantitative estimate of drug-likeness (QED) is 0.0195. The summed E-state index contributed by atoms with van der Waals surface area (Å²) in [6.07, 6.45) is 89.6. The van der Waals surface area contributed by atoms with Crippen molar-refractivity contribution in [3.63, 3.8) is 0 Å². The third-order valence-corrected chi connectivity index (χ3v) is 12.1. The van der Waals surface area contributed by atoms with E-state index in [9.17, 15) is 19.5 Å². The number of hydrogen-bond acceptors (Lipinski definition) is 8. The van der Waals surface area contributed by atoms with Crippen molar-refractivity contribution < 1.29 is 42.9 Å². The molecule has 0 fully saturated rings. The first-order valence-electron chi connectivity index (χ1n) is 30.9. The zero-order chi connectivity index (χ0) is 59.1. The van der Waals surface area contributed by atoms with Gasteiger partial charge in [-0.1, -0.05) is 228 Å². The monoisotopic (exact) mass is 1120 g/mol. The molecule has 0 saturated carbocycles. The van der Waals surface area contributed by atoms with Gasteiger partial charge in [0.15, 0.2) is 12.4 Å². The van der Waals surface area contributed by atoms with Crippen molar-refractivity contribution in [2.75, 3.05) is 47.5 Å². The van der Waals surface area contributed by atoms with Gasteiger partial charge >= 0.3 is 11.9 Å². The zero-order valence-corrected chi connectivity index (χ0v) is 51.3. The van der Waals surface area contributed by atoms with Gasteiger partial charge in [-0.15, -0.1) is 0 Å². The van der Waals surface area contributed by atoms with E-state index in [1.807, 2.05) is 21.1 Å². The summed E-state index contributed by atoms with van der Waals surface area (Å²) in [7, 11) is 5.89. The summed E-state index contributed by atoms with van der Waals surface area (Å²) in [5.41, 5.74) is 0. The van der Waals surface area contributed by atoms with E-state index in [2.05, 4.69) is 196 Å². The standard InChI is InChI=1S/C72H111NO8/c1-6-8-10-12-14-16-18-20-22-23-24-25-26-27-28-29-30-31-32-33-34-35-36-37-38-39-40-41-42-43-44-45-46-47-49-51-53-55-57-59-61-63-70(75)81-68(67-80-72(71(76)77)78-65-64-73(3,4)5)66-79-69(74)62-60-58-56-54-52-50-48-21-19-17-15-13-11-9-7-2/h8-11,14-17,20-22,24-25,27-28,30-31,33-34,36-37,39-40,42-43,45-46,48-49,51,68,72H,6-7,12-13,18-19,23,26,29,32,35,38,41,44,47,50,52-67H2,1-5H3/b10-8-,11-9-,16-14-,17-15-,22-20-,25-24-,28-27-,31-30-,34-33-,37-36-,40-39-,43-42-,46-45-,48-21-,51-49-. The Kier molecular flexibility index (Phi) is 56.3. The molecule has 0 radical (unpaired) electrons. The normalized spacial score (nSPS) is 14.0. The van der Waals surface area contributed by atoms with Crippen LogP contribution in [0.15, 0.2) is 182 Å². The van der Waals surface area contributed by atoms with Crippen LogP contribution in [0.3, 0.4) is 0 Å². The fraction of sp³-hybridized carbons (Fsp3) is 0.542. The largest absolute Gasteiger partial charge is 0.545 e. The highest BCUT2D eigenvalue weighted by atomic mass is 16.7. The van der Waals surface area contributed by atoms with E-state index >= 15 is 0 Å². The molecule has 0 aliphatic rings. The summed E-state index contributed by atoms with van der Waals surface area (Å²) in [5, 5.41) is 11.8. The highest BCUT2D eigenvalue weighted by molar-refractivity contribution is 5.70. The lowest BCUT2D eigenvalue weighted by Gasteiger charge is -2.26. The summed E-state index contributed by atoms with van der Waals surface area (Å²) < 4.78 is 22.6. The molecule has 0 spiro atoms. The SMILES string of the molecule is CC/C=C\C/C=C\C/C=C\C/C=C\C/C=C\C/C=C\C/C=C\C/C=C\C/C=C\C/C=C\C/C=C\C/C=C\CCCCCCC(=O)OC(COC(=O)CCCCCCC/C=C\C/C=C\C/C=C\CC)COC(OCC[N+](C)(C)C)C(=O)[O-]. The number of ether oxygens (including phenoxy) is 4. The smallest absolute Gasteiger partial charge is 0.306 e. The van der Waals surface area contributed by atoms with Crippen molar-refractivity contribution in [3.05, 3.63) is 182 Å². The molecule has 0 aliphatic carbocycles. The Morgan fingerprint density at radius 2 is 0.667 bits per heavy atom. The molecule has 81 heavy (non-hydrogen) atoms. The molecule has 452 valence electrons. The van der Waals surface area contributed by atoms with E-state index in [0.29, 0.717) is 23.9 Å². The fourth-order valence-electron chi connectivity index (χ4n) is 7.47. The maximum Gasteiger partial charge on any atom is 0.306 e. The second kappa shape index (κ2) is 60.5. The fourth-order valence-corrected chi connectivity index (χ4v) is 7.47. The molecule has 9 heteroatoms. The summed E-state index contributed by atoms with van der Waals surface area (Å²) in [6.45, 7) is 4.43. The number of unbranched alkanes of at least 4 members (excludes halogenated alkanes) is 9. The summed E-state index contributed by atoms with van der Waals surface area (Å²) in [5.74, 6) is -2.37. The molecule has 0 N–H and O–H groups in total. The van der Waals surface area contributed by atoms with Crippen molar-refractivity contribution in [2.45, 2.75) is 206 Å². The summed E-state index contributed by atoms with van der Waals surface area (Å²) >= 11 is 0. The van der Waals surface area contributed by atoms with Crippen LogP contribution < -0.4 is 5.11 Å². The zero-order valence-electron chi connectivity index (χ0n) is 51.3. The second-order valence-electron chi connectivity index (χ2n) is 20.9. The van der Waals surface area contributed by atoms with Gasteiger partial charge in [-0.2, -0.15) is 0 Å². The molecular weight excluding hydrogens is 1010 g/mol. The maximum absolute atomic E-state index is 12.9. The number of esters is 2. The van der Waals surface area contributed by atoms with Crippen molar-refractivity contribution in [1.29, 1.82) is 0 Å². The number of likely N-dealkylation sites (N-methyl/N-ethyl adjacent to an activating group) is 1. The molecule has 0 aromatic heterocycles. The van der Waals surface area contributed by atoms with Crippen molar-refractivity contribution >= 4 is 17.9 Å². The van der Waals surface area contributed by atoms with Crippen molar-refractivity contribution in [3.8, 4) is 0 Å². The minimum absolute atomic E-state index is 0.129. The van der Waals surface area contributed by atoms with Gasteiger partial charge in [0.25, 0.3) is 0 Å². The molecule has 0 aromatic carbocycles. The van der Waals surface area contributed by atoms with Crippen molar-refractivity contribution in [2.24, 2.45) is 0 Å². The number of allylic oxidation sites excluding steroid dienone is 30. The lowest BCUT2D eigenvalue weighted by molar-refractivity contribution is -0.870. The molecule has 0 amide bonds. The highest BCUT2D eigenvalue weighted by Crippen LogP contribution is 2.12. The van der Waals surface area contributed by atoms with Gasteiger partial charge in [0, 0.05) is 12.8 Å². The van der Waals surface area contributed by atoms with Crippen LogP contribution in [-0.4, -0.2) is 82.3 Å². The molecule has 0 aliphatic heterocycles. The predicted molar refractivity (Wildman–Crippen MR) is 342 cm³/mol. The average Bonchev–Trinajstić information content (AvgIpc) is 3.44. The van der Waals surface area contributed by atoms with Gasteiger partial charge in [-0.25, -0.2) is 0 Å². The van der Waals surface area contributed by atoms with Crippen LogP contribution in [0, 0.1) is 0 Å². The minimum Gasteiger partial charge on any atom is -0.545 e. The van der Waals surface area contributed by atoms with E-state index in [1.54, 1.807) is 0 Å². The van der Waals surface area contributed by atoms with Crippen LogP contribution in [-0.2, 0) is 33.3 Å². The first-order chi connectivity index (χ1) is 39.6. The van der Waals surface area contributed by atoms with Gasteiger partial charge in [0.05, 0.1) is 40.3 Å². The number of hydrogen-bond donors (Lipinski definition) is 0. The Labute approximate surface area is 494 Å². The number of carbonyl (C=O) groups excluding carboxylic acids is 3. The Morgan fingerprint density at radius 1 is 0.370 bits per heavy atom. The number of carbonyl (C=O) groups is 3. The van der Waals surface area contributed by atoms with Crippen LogP contribution in [0.1, 0.15) is 194 Å². The van der Waals surface area contributed by atoms with Crippen LogP contribution in [0.25, 0.3) is 0 Å². The number of carboxylic acid groups (broad SMARTS) is 1. The number of quaternary nitrogens is 1. The third-order valence-electron chi connectivity index (χ3n) is 12.1. The summed E-state index contributed by atoms with van der Waals surface area (Å²) in [4.78, 5) is 37.3. The molecule has 9 nitrogen and oxygen atoms in total. The molecule has 0 rings (SSSR count). The van der Waals surface area contributed by atoms with E-state index in [4.69, 9.17) is 18.9 Å².